The number of amides is 1. The lowest BCUT2D eigenvalue weighted by atomic mass is 10.4. The molecule has 2 N–H and O–H groups in total. The van der Waals surface area contributed by atoms with E-state index in [4.69, 9.17) is 5.11 Å². The summed E-state index contributed by atoms with van der Waals surface area (Å²) < 4.78 is 1.64. The summed E-state index contributed by atoms with van der Waals surface area (Å²) in [7, 11) is 0. The Morgan fingerprint density at radius 3 is 3.00 bits per heavy atom. The first-order valence-electron chi connectivity index (χ1n) is 5.95. The predicted molar refractivity (Wildman–Crippen MR) is 76.4 cm³/mol. The number of nitrogens with one attached hydrogen (secondary N) is 1. The predicted octanol–water partition coefficient (Wildman–Crippen LogP) is 0.939. The van der Waals surface area contributed by atoms with Crippen molar-refractivity contribution in [1.82, 2.24) is 14.8 Å². The summed E-state index contributed by atoms with van der Waals surface area (Å²) in [5, 5.41) is 16.0. The number of carbonyl (C=O) groups excluding carboxylic acids is 1. The van der Waals surface area contributed by atoms with Gasteiger partial charge in [0.1, 0.15) is 13.2 Å². The van der Waals surface area contributed by atoms with Gasteiger partial charge < -0.3 is 10.4 Å². The van der Waals surface area contributed by atoms with Crippen LogP contribution in [0.5, 0.6) is 0 Å². The highest BCUT2D eigenvalue weighted by Crippen LogP contribution is 2.16. The molecular weight excluding hydrogens is 276 g/mol. The number of carbonyl (C=O) groups is 1. The molecule has 0 radical (unpaired) electrons. The Balaban J connectivity index is 1.98. The molecule has 0 saturated carbocycles. The van der Waals surface area contributed by atoms with Gasteiger partial charge in [-0.25, -0.2) is 4.98 Å². The van der Waals surface area contributed by atoms with Gasteiger partial charge in [0, 0.05) is 5.69 Å². The van der Waals surface area contributed by atoms with E-state index in [0.717, 1.165) is 11.4 Å². The molecule has 0 unspecified atom stereocenters. The summed E-state index contributed by atoms with van der Waals surface area (Å²) in [5.74, 6) is 5.08. The molecule has 20 heavy (non-hydrogen) atoms. The Hall–Kier alpha value is -2.17. The van der Waals surface area contributed by atoms with Crippen molar-refractivity contribution in [3.63, 3.8) is 0 Å². The van der Waals surface area contributed by atoms with Crippen molar-refractivity contribution < 1.29 is 9.90 Å². The molecule has 2 aromatic rings. The van der Waals surface area contributed by atoms with Gasteiger partial charge in [-0.3, -0.25) is 9.48 Å². The topological polar surface area (TPSA) is 80.0 Å². The third-order valence-electron chi connectivity index (χ3n) is 2.44. The summed E-state index contributed by atoms with van der Waals surface area (Å²) in [6.07, 6.45) is 1.56. The third-order valence-corrected chi connectivity index (χ3v) is 3.27. The lowest BCUT2D eigenvalue weighted by molar-refractivity contribution is -0.116. The normalized spacial score (nSPS) is 9.95. The summed E-state index contributed by atoms with van der Waals surface area (Å²) in [5.41, 5.74) is 1.82. The van der Waals surface area contributed by atoms with Crippen LogP contribution in [0.2, 0.25) is 0 Å². The van der Waals surface area contributed by atoms with Gasteiger partial charge in [0.15, 0.2) is 5.13 Å². The van der Waals surface area contributed by atoms with Crippen LogP contribution < -0.4 is 5.32 Å². The minimum atomic E-state index is -0.197. The Labute approximate surface area is 120 Å². The summed E-state index contributed by atoms with van der Waals surface area (Å²) in [6, 6.07) is 1.92. The molecule has 0 aromatic carbocycles. The number of aryl methyl sites for hydroxylation is 2. The Morgan fingerprint density at radius 2 is 2.35 bits per heavy atom. The molecule has 0 aliphatic heterocycles. The van der Waals surface area contributed by atoms with E-state index in [9.17, 15) is 4.79 Å². The first-order chi connectivity index (χ1) is 9.58. The highest BCUT2D eigenvalue weighted by Gasteiger charge is 2.09. The van der Waals surface area contributed by atoms with Crippen LogP contribution in [0.1, 0.15) is 16.3 Å². The van der Waals surface area contributed by atoms with Crippen molar-refractivity contribution in [2.45, 2.75) is 20.4 Å². The summed E-state index contributed by atoms with van der Waals surface area (Å²) >= 11 is 1.26. The number of rotatable bonds is 3. The SMILES string of the molecule is Cc1cc(C)n(CC(=O)Nc2ncc(C#CCO)s2)n1. The van der Waals surface area contributed by atoms with Crippen LogP contribution in [0.25, 0.3) is 0 Å². The van der Waals surface area contributed by atoms with Gasteiger partial charge >= 0.3 is 0 Å². The van der Waals surface area contributed by atoms with E-state index in [1.807, 2.05) is 19.9 Å². The van der Waals surface area contributed by atoms with Crippen LogP contribution in [-0.4, -0.2) is 32.4 Å². The van der Waals surface area contributed by atoms with Crippen molar-refractivity contribution >= 4 is 22.4 Å². The Kier molecular flexibility index (Phi) is 4.50. The zero-order chi connectivity index (χ0) is 14.5. The second kappa shape index (κ2) is 6.32. The molecule has 2 aromatic heterocycles. The average molecular weight is 290 g/mol. The fraction of sp³-hybridized carbons (Fsp3) is 0.308. The van der Waals surface area contributed by atoms with Gasteiger partial charge in [-0.15, -0.1) is 0 Å². The molecule has 2 rings (SSSR count). The molecule has 0 saturated heterocycles. The van der Waals surface area contributed by atoms with Crippen LogP contribution in [0.15, 0.2) is 12.3 Å². The van der Waals surface area contributed by atoms with E-state index < -0.39 is 0 Å². The van der Waals surface area contributed by atoms with Gasteiger partial charge in [0.25, 0.3) is 0 Å². The smallest absolute Gasteiger partial charge is 0.247 e. The highest BCUT2D eigenvalue weighted by atomic mass is 32.1. The van der Waals surface area contributed by atoms with E-state index in [2.05, 4.69) is 27.2 Å². The molecule has 104 valence electrons. The molecule has 0 spiro atoms. The van der Waals surface area contributed by atoms with Crippen LogP contribution in [0.4, 0.5) is 5.13 Å². The largest absolute Gasteiger partial charge is 0.384 e. The van der Waals surface area contributed by atoms with Gasteiger partial charge in [0.05, 0.1) is 16.8 Å². The molecule has 2 heterocycles. The van der Waals surface area contributed by atoms with Crippen molar-refractivity contribution in [2.75, 3.05) is 11.9 Å². The van der Waals surface area contributed by atoms with Crippen LogP contribution in [0.3, 0.4) is 0 Å². The van der Waals surface area contributed by atoms with Gasteiger partial charge in [-0.1, -0.05) is 23.2 Å². The molecule has 1 amide bonds. The van der Waals surface area contributed by atoms with Gasteiger partial charge in [-0.05, 0) is 19.9 Å². The van der Waals surface area contributed by atoms with Crippen molar-refractivity contribution in [1.29, 1.82) is 0 Å². The molecule has 6 nitrogen and oxygen atoms in total. The lowest BCUT2D eigenvalue weighted by Gasteiger charge is -2.03. The first kappa shape index (κ1) is 14.2. The fourth-order valence-electron chi connectivity index (χ4n) is 1.65. The number of aromatic nitrogens is 3. The van der Waals surface area contributed by atoms with E-state index in [1.54, 1.807) is 10.9 Å². The number of nitrogens with zero attached hydrogens (tertiary/aromatic N) is 3. The van der Waals surface area contributed by atoms with Crippen LogP contribution in [-0.2, 0) is 11.3 Å². The van der Waals surface area contributed by atoms with Gasteiger partial charge in [-0.2, -0.15) is 5.10 Å². The van der Waals surface area contributed by atoms with Crippen molar-refractivity contribution in [3.05, 3.63) is 28.5 Å². The highest BCUT2D eigenvalue weighted by molar-refractivity contribution is 7.16. The molecule has 0 aliphatic rings. The monoisotopic (exact) mass is 290 g/mol. The van der Waals surface area contributed by atoms with E-state index in [0.29, 0.717) is 10.0 Å². The molecule has 0 atom stereocenters. The molecule has 0 fully saturated rings. The maximum atomic E-state index is 11.9. The van der Waals surface area contributed by atoms with Crippen LogP contribution >= 0.6 is 11.3 Å². The van der Waals surface area contributed by atoms with Crippen molar-refractivity contribution in [2.24, 2.45) is 0 Å². The maximum Gasteiger partial charge on any atom is 0.247 e. The van der Waals surface area contributed by atoms with E-state index in [1.165, 1.54) is 11.3 Å². The molecule has 0 bridgehead atoms. The van der Waals surface area contributed by atoms with Crippen LogP contribution in [0, 0.1) is 25.7 Å². The Bertz CT molecular complexity index is 678. The number of aliphatic hydroxyl groups excluding tert-OH is 1. The zero-order valence-corrected chi connectivity index (χ0v) is 12.0. The number of hydrogen-bond donors (Lipinski definition) is 2. The summed E-state index contributed by atoms with van der Waals surface area (Å²) in [4.78, 5) is 16.6. The van der Waals surface area contributed by atoms with E-state index >= 15 is 0 Å². The maximum absolute atomic E-state index is 11.9. The minimum absolute atomic E-state index is 0.150. The lowest BCUT2D eigenvalue weighted by Crippen LogP contribution is -2.20. The standard InChI is InChI=1S/C13H14N4O2S/c1-9-6-10(2)17(16-9)8-12(19)15-13-14-7-11(20-13)4-3-5-18/h6-7,18H,5,8H2,1-2H3,(H,14,15,19). The first-order valence-corrected chi connectivity index (χ1v) is 6.76. The summed E-state index contributed by atoms with van der Waals surface area (Å²) in [6.45, 7) is 3.74. The van der Waals surface area contributed by atoms with Gasteiger partial charge in [0.2, 0.25) is 5.91 Å². The third kappa shape index (κ3) is 3.66. The number of anilines is 1. The number of thiazole rings is 1. The molecule has 7 heteroatoms. The number of aliphatic hydroxyl groups is 1. The van der Waals surface area contributed by atoms with E-state index in [-0.39, 0.29) is 19.1 Å². The fourth-order valence-corrected chi connectivity index (χ4v) is 2.35. The Morgan fingerprint density at radius 1 is 1.55 bits per heavy atom. The molecule has 0 aliphatic carbocycles. The number of hydrogen-bond acceptors (Lipinski definition) is 5. The minimum Gasteiger partial charge on any atom is -0.384 e. The molecular formula is C13H14N4O2S. The quantitative estimate of drug-likeness (QED) is 0.824. The average Bonchev–Trinajstić information content (AvgIpc) is 2.94. The van der Waals surface area contributed by atoms with Crippen molar-refractivity contribution in [3.8, 4) is 11.8 Å². The second-order valence-corrected chi connectivity index (χ2v) is 5.15. The zero-order valence-electron chi connectivity index (χ0n) is 11.2. The second-order valence-electron chi connectivity index (χ2n) is 4.12.